The highest BCUT2D eigenvalue weighted by molar-refractivity contribution is 5.94. The van der Waals surface area contributed by atoms with Gasteiger partial charge in [-0.05, 0) is 49.7 Å². The van der Waals surface area contributed by atoms with Crippen molar-refractivity contribution in [1.82, 2.24) is 14.9 Å². The highest BCUT2D eigenvalue weighted by Gasteiger charge is 2.19. The number of hydrogen-bond donors (Lipinski definition) is 2. The van der Waals surface area contributed by atoms with E-state index in [1.807, 2.05) is 13.8 Å². The molecule has 0 unspecified atom stereocenters. The molecule has 0 saturated heterocycles. The number of nitrogens with one attached hydrogen (secondary N) is 2. The summed E-state index contributed by atoms with van der Waals surface area (Å²) in [7, 11) is 0. The molecule has 3 rings (SSSR count). The SMILES string of the molecule is CCN(CC(=O)Nc1cc(C)c(C)cc1[N+](=O)[O-])Cc1nc2ccccc2c(=O)[nH]1. The Morgan fingerprint density at radius 2 is 1.93 bits per heavy atom. The lowest BCUT2D eigenvalue weighted by molar-refractivity contribution is -0.384. The standard InChI is InChI=1S/C21H23N5O4/c1-4-25(11-19-22-16-8-6-5-7-15(16)21(28)24-19)12-20(27)23-17-9-13(2)14(3)10-18(17)26(29)30/h5-10H,4,11-12H2,1-3H3,(H,23,27)(H,22,24,28). The van der Waals surface area contributed by atoms with E-state index in [1.165, 1.54) is 6.07 Å². The molecule has 9 heteroatoms. The van der Waals surface area contributed by atoms with Crippen LogP contribution in [0.2, 0.25) is 0 Å². The monoisotopic (exact) mass is 409 g/mol. The molecule has 1 heterocycles. The van der Waals surface area contributed by atoms with Gasteiger partial charge in [-0.2, -0.15) is 0 Å². The van der Waals surface area contributed by atoms with E-state index in [1.54, 1.807) is 42.2 Å². The molecule has 1 aromatic heterocycles. The number of H-pyrrole nitrogens is 1. The number of para-hydroxylation sites is 1. The fraction of sp³-hybridized carbons (Fsp3) is 0.286. The third-order valence-electron chi connectivity index (χ3n) is 4.93. The smallest absolute Gasteiger partial charge is 0.293 e. The summed E-state index contributed by atoms with van der Waals surface area (Å²) >= 11 is 0. The number of likely N-dealkylation sites (N-methyl/N-ethyl adjacent to an activating group) is 1. The van der Waals surface area contributed by atoms with Crippen molar-refractivity contribution in [3.8, 4) is 0 Å². The highest BCUT2D eigenvalue weighted by atomic mass is 16.6. The molecule has 0 aliphatic rings. The zero-order chi connectivity index (χ0) is 21.8. The Morgan fingerprint density at radius 1 is 1.23 bits per heavy atom. The number of benzene rings is 2. The molecule has 0 saturated carbocycles. The van der Waals surface area contributed by atoms with Crippen LogP contribution in [0, 0.1) is 24.0 Å². The van der Waals surface area contributed by atoms with E-state index in [-0.39, 0.29) is 35.9 Å². The largest absolute Gasteiger partial charge is 0.319 e. The predicted molar refractivity (Wildman–Crippen MR) is 115 cm³/mol. The summed E-state index contributed by atoms with van der Waals surface area (Å²) in [5, 5.41) is 14.5. The number of amides is 1. The molecule has 156 valence electrons. The second kappa shape index (κ2) is 8.83. The quantitative estimate of drug-likeness (QED) is 0.457. The van der Waals surface area contributed by atoms with E-state index >= 15 is 0 Å². The summed E-state index contributed by atoms with van der Waals surface area (Å²) in [6.07, 6.45) is 0. The molecule has 2 N–H and O–H groups in total. The number of rotatable bonds is 7. The maximum absolute atomic E-state index is 12.6. The lowest BCUT2D eigenvalue weighted by atomic mass is 10.1. The Hall–Kier alpha value is -3.59. The third-order valence-corrected chi connectivity index (χ3v) is 4.93. The van der Waals surface area contributed by atoms with E-state index < -0.39 is 4.92 Å². The van der Waals surface area contributed by atoms with Gasteiger partial charge in [-0.1, -0.05) is 19.1 Å². The zero-order valence-electron chi connectivity index (χ0n) is 17.1. The number of hydrogen-bond acceptors (Lipinski definition) is 6. The second-order valence-corrected chi connectivity index (χ2v) is 7.09. The van der Waals surface area contributed by atoms with E-state index in [2.05, 4.69) is 15.3 Å². The van der Waals surface area contributed by atoms with Crippen LogP contribution in [0.25, 0.3) is 10.9 Å². The molecule has 2 aromatic carbocycles. The molecule has 0 fully saturated rings. The van der Waals surface area contributed by atoms with Gasteiger partial charge in [0.1, 0.15) is 11.5 Å². The lowest BCUT2D eigenvalue weighted by Crippen LogP contribution is -2.34. The summed E-state index contributed by atoms with van der Waals surface area (Å²) in [6, 6.07) is 10.1. The molecular formula is C21H23N5O4. The van der Waals surface area contributed by atoms with Crippen molar-refractivity contribution in [2.24, 2.45) is 0 Å². The van der Waals surface area contributed by atoms with E-state index in [0.29, 0.717) is 23.3 Å². The number of aryl methyl sites for hydroxylation is 2. The minimum atomic E-state index is -0.511. The molecule has 1 amide bonds. The van der Waals surface area contributed by atoms with Crippen molar-refractivity contribution in [2.75, 3.05) is 18.4 Å². The Balaban J connectivity index is 1.75. The van der Waals surface area contributed by atoms with E-state index in [0.717, 1.165) is 11.1 Å². The molecule has 3 aromatic rings. The van der Waals surface area contributed by atoms with E-state index in [4.69, 9.17) is 0 Å². The van der Waals surface area contributed by atoms with Crippen LogP contribution in [0.4, 0.5) is 11.4 Å². The van der Waals surface area contributed by atoms with Gasteiger partial charge in [0.05, 0.1) is 28.9 Å². The van der Waals surface area contributed by atoms with Gasteiger partial charge in [0.15, 0.2) is 0 Å². The van der Waals surface area contributed by atoms with Crippen molar-refractivity contribution in [3.05, 3.63) is 73.8 Å². The number of carbonyl (C=O) groups excluding carboxylic acids is 1. The zero-order valence-corrected chi connectivity index (χ0v) is 17.1. The van der Waals surface area contributed by atoms with Crippen molar-refractivity contribution in [3.63, 3.8) is 0 Å². The minimum Gasteiger partial charge on any atom is -0.319 e. The number of nitrogens with zero attached hydrogens (tertiary/aromatic N) is 3. The first-order chi connectivity index (χ1) is 14.3. The van der Waals surface area contributed by atoms with Gasteiger partial charge in [0, 0.05) is 6.07 Å². The van der Waals surface area contributed by atoms with Crippen molar-refractivity contribution in [2.45, 2.75) is 27.3 Å². The predicted octanol–water partition coefficient (Wildman–Crippen LogP) is 2.91. The molecule has 30 heavy (non-hydrogen) atoms. The van der Waals surface area contributed by atoms with E-state index in [9.17, 15) is 19.7 Å². The molecular weight excluding hydrogens is 386 g/mol. The average Bonchev–Trinajstić information content (AvgIpc) is 2.69. The summed E-state index contributed by atoms with van der Waals surface area (Å²) in [4.78, 5) is 44.6. The third kappa shape index (κ3) is 4.69. The van der Waals surface area contributed by atoms with Gasteiger partial charge in [-0.25, -0.2) is 4.98 Å². The first kappa shape index (κ1) is 21.1. The van der Waals surface area contributed by atoms with Crippen LogP contribution in [0.3, 0.4) is 0 Å². The second-order valence-electron chi connectivity index (χ2n) is 7.09. The first-order valence-corrected chi connectivity index (χ1v) is 9.54. The van der Waals surface area contributed by atoms with Crippen LogP contribution in [0.1, 0.15) is 23.9 Å². The summed E-state index contributed by atoms with van der Waals surface area (Å²) in [5.41, 5.74) is 2.00. The Kier molecular flexibility index (Phi) is 6.22. The van der Waals surface area contributed by atoms with Crippen LogP contribution in [0.5, 0.6) is 0 Å². The lowest BCUT2D eigenvalue weighted by Gasteiger charge is -2.19. The van der Waals surface area contributed by atoms with Crippen LogP contribution in [-0.4, -0.2) is 38.8 Å². The van der Waals surface area contributed by atoms with Crippen molar-refractivity contribution >= 4 is 28.2 Å². The van der Waals surface area contributed by atoms with Gasteiger partial charge in [-0.3, -0.25) is 24.6 Å². The number of nitro benzene ring substituents is 1. The molecule has 9 nitrogen and oxygen atoms in total. The average molecular weight is 409 g/mol. The highest BCUT2D eigenvalue weighted by Crippen LogP contribution is 2.27. The van der Waals surface area contributed by atoms with Gasteiger partial charge in [0.2, 0.25) is 5.91 Å². The fourth-order valence-electron chi connectivity index (χ4n) is 3.15. The van der Waals surface area contributed by atoms with Gasteiger partial charge in [0.25, 0.3) is 11.2 Å². The normalized spacial score (nSPS) is 11.1. The molecule has 0 spiro atoms. The Labute approximate surface area is 172 Å². The molecule has 0 bridgehead atoms. The molecule has 0 aliphatic heterocycles. The Bertz CT molecular complexity index is 1170. The van der Waals surface area contributed by atoms with Crippen LogP contribution in [0.15, 0.2) is 41.2 Å². The molecule has 0 aliphatic carbocycles. The van der Waals surface area contributed by atoms with Crippen LogP contribution in [-0.2, 0) is 11.3 Å². The number of nitro groups is 1. The van der Waals surface area contributed by atoms with Crippen molar-refractivity contribution in [1.29, 1.82) is 0 Å². The summed E-state index contributed by atoms with van der Waals surface area (Å²) in [5.74, 6) is 0.0665. The number of fused-ring (bicyclic) bond motifs is 1. The summed E-state index contributed by atoms with van der Waals surface area (Å²) in [6.45, 7) is 6.28. The van der Waals surface area contributed by atoms with Crippen molar-refractivity contribution < 1.29 is 9.72 Å². The summed E-state index contributed by atoms with van der Waals surface area (Å²) < 4.78 is 0. The maximum atomic E-state index is 12.6. The molecule has 0 atom stereocenters. The van der Waals surface area contributed by atoms with Crippen LogP contribution >= 0.6 is 0 Å². The number of anilines is 1. The Morgan fingerprint density at radius 3 is 2.63 bits per heavy atom. The van der Waals surface area contributed by atoms with Crippen LogP contribution < -0.4 is 10.9 Å². The first-order valence-electron chi connectivity index (χ1n) is 9.54. The number of aromatic nitrogens is 2. The van der Waals surface area contributed by atoms with Gasteiger partial charge < -0.3 is 10.3 Å². The fourth-order valence-corrected chi connectivity index (χ4v) is 3.15. The van der Waals surface area contributed by atoms with Gasteiger partial charge >= 0.3 is 0 Å². The maximum Gasteiger partial charge on any atom is 0.293 e. The molecule has 0 radical (unpaired) electrons. The number of aromatic amines is 1. The van der Waals surface area contributed by atoms with Gasteiger partial charge in [-0.15, -0.1) is 0 Å². The minimum absolute atomic E-state index is 0.00286. The topological polar surface area (TPSA) is 121 Å². The number of carbonyl (C=O) groups is 1.